The topological polar surface area (TPSA) is 29.1 Å². The summed E-state index contributed by atoms with van der Waals surface area (Å²) in [6.07, 6.45) is 12.5. The van der Waals surface area contributed by atoms with Crippen molar-refractivity contribution < 1.29 is 10.1 Å². The molecule has 1 radical (unpaired) electrons. The van der Waals surface area contributed by atoms with Gasteiger partial charge < -0.3 is 0 Å². The Hall–Kier alpha value is -0.860. The molecule has 1 rings (SSSR count). The van der Waals surface area contributed by atoms with E-state index in [4.69, 9.17) is 0 Å². The van der Waals surface area contributed by atoms with E-state index in [1.807, 2.05) is 0 Å². The Labute approximate surface area is 117 Å². The summed E-state index contributed by atoms with van der Waals surface area (Å²) in [7, 11) is 0. The lowest BCUT2D eigenvalue weighted by Crippen LogP contribution is -1.88. The van der Waals surface area contributed by atoms with Gasteiger partial charge in [0.05, 0.1) is 6.61 Å². The fraction of sp³-hybridized carbons (Fsp3) is 0.647. The molecule has 0 saturated carbocycles. The Morgan fingerprint density at radius 1 is 0.684 bits per heavy atom. The fourth-order valence-corrected chi connectivity index (χ4v) is 2.37. The largest absolute Gasteiger partial charge is 0.204 e. The smallest absolute Gasteiger partial charge is 0.0854 e. The van der Waals surface area contributed by atoms with E-state index in [-0.39, 0.29) is 0 Å². The van der Waals surface area contributed by atoms with Crippen molar-refractivity contribution in [3.05, 3.63) is 35.9 Å². The molecule has 2 heteroatoms. The zero-order valence-electron chi connectivity index (χ0n) is 12.0. The number of unbranched alkanes of at least 4 members (excludes halogenated alkanes) is 8. The summed E-state index contributed by atoms with van der Waals surface area (Å²) < 4.78 is 0. The van der Waals surface area contributed by atoms with Gasteiger partial charge in [0.25, 0.3) is 0 Å². The van der Waals surface area contributed by atoms with Gasteiger partial charge in [-0.1, -0.05) is 75.3 Å². The van der Waals surface area contributed by atoms with Crippen LogP contribution in [0.25, 0.3) is 0 Å². The van der Waals surface area contributed by atoms with E-state index in [1.165, 1.54) is 56.9 Å². The SMILES string of the molecule is [O]OCCCCCCCCCCCc1ccccc1. The molecule has 0 aliphatic rings. The van der Waals surface area contributed by atoms with Crippen LogP contribution in [0.3, 0.4) is 0 Å². The third kappa shape index (κ3) is 9.69. The number of aryl methyl sites for hydroxylation is 1. The maximum Gasteiger partial charge on any atom is 0.0854 e. The Morgan fingerprint density at radius 3 is 1.79 bits per heavy atom. The zero-order valence-corrected chi connectivity index (χ0v) is 12.0. The molecule has 0 saturated heterocycles. The van der Waals surface area contributed by atoms with Crippen LogP contribution in [0.15, 0.2) is 30.3 Å². The second-order valence-corrected chi connectivity index (χ2v) is 5.24. The molecule has 0 amide bonds. The summed E-state index contributed by atoms with van der Waals surface area (Å²) in [4.78, 5) is 3.80. The van der Waals surface area contributed by atoms with Gasteiger partial charge in [0.15, 0.2) is 0 Å². The van der Waals surface area contributed by atoms with Crippen molar-refractivity contribution in [2.45, 2.75) is 64.2 Å². The standard InChI is InChI=1S/C17H27O2/c18-19-16-12-7-5-3-1-2-4-6-9-13-17-14-10-8-11-15-17/h8,10-11,14-15H,1-7,9,12-13,16H2. The molecule has 0 bridgehead atoms. The minimum atomic E-state index is 0.374. The molecular weight excluding hydrogens is 236 g/mol. The van der Waals surface area contributed by atoms with Crippen LogP contribution in [-0.2, 0) is 16.6 Å². The van der Waals surface area contributed by atoms with Crippen molar-refractivity contribution in [1.29, 1.82) is 0 Å². The number of rotatable bonds is 12. The van der Waals surface area contributed by atoms with Gasteiger partial charge in [-0.2, -0.15) is 0 Å². The molecule has 1 aromatic carbocycles. The molecule has 0 spiro atoms. The quantitative estimate of drug-likeness (QED) is 0.293. The maximum atomic E-state index is 9.77. The number of benzene rings is 1. The van der Waals surface area contributed by atoms with Crippen LogP contribution in [0, 0.1) is 0 Å². The third-order valence-corrected chi connectivity index (χ3v) is 3.54. The lowest BCUT2D eigenvalue weighted by atomic mass is 10.0. The van der Waals surface area contributed by atoms with Crippen LogP contribution in [0.2, 0.25) is 0 Å². The first kappa shape index (κ1) is 16.2. The van der Waals surface area contributed by atoms with Crippen LogP contribution >= 0.6 is 0 Å². The molecule has 0 unspecified atom stereocenters. The molecule has 0 N–H and O–H groups in total. The van der Waals surface area contributed by atoms with Gasteiger partial charge in [0, 0.05) is 0 Å². The van der Waals surface area contributed by atoms with E-state index in [2.05, 4.69) is 35.2 Å². The highest BCUT2D eigenvalue weighted by Gasteiger charge is 1.94. The average Bonchev–Trinajstić information content (AvgIpc) is 2.46. The fourth-order valence-electron chi connectivity index (χ4n) is 2.37. The van der Waals surface area contributed by atoms with E-state index >= 15 is 0 Å². The van der Waals surface area contributed by atoms with E-state index in [0.29, 0.717) is 6.61 Å². The van der Waals surface area contributed by atoms with Crippen LogP contribution in [-0.4, -0.2) is 6.61 Å². The van der Waals surface area contributed by atoms with Crippen LogP contribution in [0.5, 0.6) is 0 Å². The zero-order chi connectivity index (χ0) is 13.6. The van der Waals surface area contributed by atoms with Gasteiger partial charge in [0.1, 0.15) is 0 Å². The molecule has 0 aliphatic carbocycles. The van der Waals surface area contributed by atoms with Gasteiger partial charge >= 0.3 is 0 Å². The van der Waals surface area contributed by atoms with Gasteiger partial charge in [-0.15, -0.1) is 0 Å². The summed E-state index contributed by atoms with van der Waals surface area (Å²) in [5.74, 6) is 0. The van der Waals surface area contributed by atoms with Crippen molar-refractivity contribution in [2.75, 3.05) is 6.61 Å². The van der Waals surface area contributed by atoms with E-state index in [9.17, 15) is 5.26 Å². The minimum absolute atomic E-state index is 0.374. The summed E-state index contributed by atoms with van der Waals surface area (Å²) in [5, 5.41) is 9.77. The van der Waals surface area contributed by atoms with Crippen LogP contribution in [0.1, 0.15) is 63.4 Å². The highest BCUT2D eigenvalue weighted by Crippen LogP contribution is 2.11. The normalized spacial score (nSPS) is 10.8. The molecule has 107 valence electrons. The molecule has 2 nitrogen and oxygen atoms in total. The Balaban J connectivity index is 1.79. The first-order chi connectivity index (χ1) is 9.43. The highest BCUT2D eigenvalue weighted by molar-refractivity contribution is 5.14. The van der Waals surface area contributed by atoms with E-state index in [1.54, 1.807) is 0 Å². The molecule has 1 aromatic rings. The Kier molecular flexibility index (Phi) is 10.4. The maximum absolute atomic E-state index is 9.77. The molecule has 0 heterocycles. The molecule has 0 fully saturated rings. The summed E-state index contributed by atoms with van der Waals surface area (Å²) in [6.45, 7) is 0.374. The predicted molar refractivity (Wildman–Crippen MR) is 78.3 cm³/mol. The molecule has 0 aliphatic heterocycles. The van der Waals surface area contributed by atoms with Crippen LogP contribution in [0.4, 0.5) is 0 Å². The highest BCUT2D eigenvalue weighted by atomic mass is 17.1. The summed E-state index contributed by atoms with van der Waals surface area (Å²) in [6, 6.07) is 10.7. The molecule has 19 heavy (non-hydrogen) atoms. The first-order valence-electron chi connectivity index (χ1n) is 7.72. The predicted octanol–water partition coefficient (Wildman–Crippen LogP) is 5.10. The molecular formula is C17H27O2. The average molecular weight is 263 g/mol. The van der Waals surface area contributed by atoms with Crippen molar-refractivity contribution in [3.63, 3.8) is 0 Å². The van der Waals surface area contributed by atoms with Gasteiger partial charge in [-0.05, 0) is 30.1 Å². The number of hydrogen-bond donors (Lipinski definition) is 0. The van der Waals surface area contributed by atoms with Crippen molar-refractivity contribution >= 4 is 0 Å². The Morgan fingerprint density at radius 2 is 1.21 bits per heavy atom. The molecule has 0 aromatic heterocycles. The minimum Gasteiger partial charge on any atom is -0.204 e. The second-order valence-electron chi connectivity index (χ2n) is 5.24. The van der Waals surface area contributed by atoms with Crippen molar-refractivity contribution in [1.82, 2.24) is 0 Å². The van der Waals surface area contributed by atoms with Crippen molar-refractivity contribution in [3.8, 4) is 0 Å². The van der Waals surface area contributed by atoms with E-state index in [0.717, 1.165) is 12.8 Å². The van der Waals surface area contributed by atoms with E-state index < -0.39 is 0 Å². The summed E-state index contributed by atoms with van der Waals surface area (Å²) >= 11 is 0. The second kappa shape index (κ2) is 12.2. The molecule has 0 atom stereocenters. The van der Waals surface area contributed by atoms with Gasteiger partial charge in [-0.25, -0.2) is 4.89 Å². The number of hydrogen-bond acceptors (Lipinski definition) is 1. The first-order valence-corrected chi connectivity index (χ1v) is 7.72. The van der Waals surface area contributed by atoms with Crippen LogP contribution < -0.4 is 0 Å². The lowest BCUT2D eigenvalue weighted by molar-refractivity contribution is -0.303. The van der Waals surface area contributed by atoms with Gasteiger partial charge in [0.2, 0.25) is 0 Å². The van der Waals surface area contributed by atoms with Gasteiger partial charge in [-0.3, -0.25) is 0 Å². The monoisotopic (exact) mass is 263 g/mol. The summed E-state index contributed by atoms with van der Waals surface area (Å²) in [5.41, 5.74) is 1.46. The third-order valence-electron chi connectivity index (χ3n) is 3.54. The Bertz CT molecular complexity index is 285. The van der Waals surface area contributed by atoms with Crippen molar-refractivity contribution in [2.24, 2.45) is 0 Å². The lowest BCUT2D eigenvalue weighted by Gasteiger charge is -2.03.